The van der Waals surface area contributed by atoms with E-state index in [1.54, 1.807) is 0 Å². The summed E-state index contributed by atoms with van der Waals surface area (Å²) in [7, 11) is 0. The van der Waals surface area contributed by atoms with Gasteiger partial charge in [-0.15, -0.1) is 0 Å². The van der Waals surface area contributed by atoms with E-state index in [1.807, 2.05) is 0 Å². The van der Waals surface area contributed by atoms with Crippen LogP contribution in [0, 0.1) is 0 Å². The molecule has 0 nitrogen and oxygen atoms in total. The van der Waals surface area contributed by atoms with Gasteiger partial charge >= 0.3 is 56.4 Å². The molecular formula is C3H7NaS. The molecule has 0 heterocycles. The molecule has 0 spiro atoms. The fourth-order valence-corrected chi connectivity index (χ4v) is 0. The van der Waals surface area contributed by atoms with E-state index < -0.39 is 0 Å². The van der Waals surface area contributed by atoms with E-state index in [4.69, 9.17) is 0 Å². The van der Waals surface area contributed by atoms with Crippen LogP contribution in [0.3, 0.4) is 0 Å². The summed E-state index contributed by atoms with van der Waals surface area (Å²) in [5, 5.41) is 0. The van der Waals surface area contributed by atoms with Crippen molar-refractivity contribution in [2.24, 2.45) is 0 Å². The molecule has 0 N–H and O–H groups in total. The Labute approximate surface area is 56.2 Å². The first-order valence-corrected chi connectivity index (χ1v) is 3.62. The Morgan fingerprint density at radius 3 is 2.20 bits per heavy atom. The van der Waals surface area contributed by atoms with Gasteiger partial charge in [-0.1, -0.05) is 0 Å². The van der Waals surface area contributed by atoms with Gasteiger partial charge < -0.3 is 0 Å². The number of hydrogen-bond donors (Lipinski definition) is 1. The van der Waals surface area contributed by atoms with Crippen molar-refractivity contribution in [3.63, 3.8) is 0 Å². The van der Waals surface area contributed by atoms with Crippen molar-refractivity contribution < 1.29 is 0 Å². The minimum atomic E-state index is 0.718. The summed E-state index contributed by atoms with van der Waals surface area (Å²) in [6, 6.07) is 0. The van der Waals surface area contributed by atoms with Crippen LogP contribution in [0.4, 0.5) is 0 Å². The quantitative estimate of drug-likeness (QED) is 0.364. The standard InChI is InChI=1S/C3H7S.Na/c1-2-3-4;/h3-4H,2H2,1H3;. The van der Waals surface area contributed by atoms with Gasteiger partial charge in [0, 0.05) is 0 Å². The van der Waals surface area contributed by atoms with E-state index in [1.165, 1.54) is 34.4 Å². The van der Waals surface area contributed by atoms with Crippen LogP contribution < -0.4 is 0 Å². The Bertz CT molecular complexity index is 20.9. The second-order valence-corrected chi connectivity index (χ2v) is 4.50. The number of thiol groups is 1. The van der Waals surface area contributed by atoms with Crippen molar-refractivity contribution in [2.75, 3.05) is 0 Å². The van der Waals surface area contributed by atoms with Gasteiger partial charge in [-0.2, -0.15) is 0 Å². The zero-order valence-corrected chi connectivity index (χ0v) is 6.63. The van der Waals surface area contributed by atoms with E-state index >= 15 is 0 Å². The molecule has 0 aliphatic rings. The number of hydrogen-bond acceptors (Lipinski definition) is 1. The summed E-state index contributed by atoms with van der Waals surface area (Å²) in [5.74, 6) is 0. The molecule has 0 amide bonds. The average Bonchev–Trinajstić information content (AvgIpc) is 1.38. The fraction of sp³-hybridized carbons (Fsp3) is 1.00. The molecular weight excluding hydrogens is 91.1 g/mol. The first kappa shape index (κ1) is 6.35. The monoisotopic (exact) mass is 98.0 g/mol. The van der Waals surface area contributed by atoms with Crippen LogP contribution in [0.2, 0.25) is 0 Å². The Balaban J connectivity index is 2.54. The van der Waals surface area contributed by atoms with E-state index in [-0.39, 0.29) is 0 Å². The van der Waals surface area contributed by atoms with Crippen molar-refractivity contribution >= 4 is 40.6 Å². The van der Waals surface area contributed by atoms with Crippen molar-refractivity contribution in [3.05, 3.63) is 0 Å². The van der Waals surface area contributed by atoms with E-state index in [2.05, 4.69) is 19.6 Å². The van der Waals surface area contributed by atoms with Crippen LogP contribution in [0.1, 0.15) is 13.3 Å². The zero-order chi connectivity index (χ0) is 4.28. The Kier molecular flexibility index (Phi) is 4.49. The van der Waals surface area contributed by atoms with Crippen LogP contribution >= 0.6 is 12.6 Å². The van der Waals surface area contributed by atoms with Crippen LogP contribution in [0.15, 0.2) is 0 Å². The van der Waals surface area contributed by atoms with Gasteiger partial charge in [0.1, 0.15) is 0 Å². The van der Waals surface area contributed by atoms with Gasteiger partial charge in [0.05, 0.1) is 0 Å². The van der Waals surface area contributed by atoms with Crippen LogP contribution in [0.25, 0.3) is 0 Å². The molecule has 0 rings (SSSR count). The summed E-state index contributed by atoms with van der Waals surface area (Å²) in [6.07, 6.45) is 1.23. The molecule has 0 bridgehead atoms. The summed E-state index contributed by atoms with van der Waals surface area (Å²) in [5.41, 5.74) is 0. The van der Waals surface area contributed by atoms with Crippen molar-refractivity contribution in [1.82, 2.24) is 0 Å². The number of rotatable bonds is 1. The van der Waals surface area contributed by atoms with Crippen molar-refractivity contribution in [2.45, 2.75) is 15.8 Å². The maximum atomic E-state index is 4.16. The molecule has 0 saturated heterocycles. The van der Waals surface area contributed by atoms with Crippen LogP contribution in [-0.2, 0) is 0 Å². The normalized spacial score (nSPS) is 15.2. The first-order chi connectivity index (χ1) is 2.27. The third-order valence-corrected chi connectivity index (χ3v) is 1.77. The summed E-state index contributed by atoms with van der Waals surface area (Å²) in [6.45, 7) is 2.16. The Morgan fingerprint density at radius 1 is 2.00 bits per heavy atom. The summed E-state index contributed by atoms with van der Waals surface area (Å²) in [4.78, 5) is 0. The summed E-state index contributed by atoms with van der Waals surface area (Å²) >= 11 is 5.39. The molecule has 1 unspecified atom stereocenters. The zero-order valence-electron chi connectivity index (χ0n) is 3.73. The summed E-state index contributed by atoms with van der Waals surface area (Å²) < 4.78 is 0.718. The van der Waals surface area contributed by atoms with Crippen LogP contribution in [-0.4, -0.2) is 30.4 Å². The molecule has 5 heavy (non-hydrogen) atoms. The minimum absolute atomic E-state index is 0.718. The van der Waals surface area contributed by atoms with Gasteiger partial charge in [0.15, 0.2) is 0 Å². The predicted octanol–water partition coefficient (Wildman–Crippen LogP) is 0.821. The predicted molar refractivity (Wildman–Crippen MR) is 28.8 cm³/mol. The molecule has 2 heteroatoms. The second-order valence-electron chi connectivity index (χ2n) is 1.26. The molecule has 0 saturated carbocycles. The van der Waals surface area contributed by atoms with Gasteiger partial charge in [-0.25, -0.2) is 0 Å². The maximum absolute atomic E-state index is 4.16. The molecule has 0 aromatic heterocycles. The molecule has 26 valence electrons. The first-order valence-electron chi connectivity index (χ1n) is 1.95. The molecule has 0 fully saturated rings. The second kappa shape index (κ2) is 3.54. The molecule has 0 radical (unpaired) electrons. The van der Waals surface area contributed by atoms with Crippen molar-refractivity contribution in [3.8, 4) is 0 Å². The Morgan fingerprint density at radius 2 is 2.20 bits per heavy atom. The fourth-order valence-electron chi connectivity index (χ4n) is 0. The van der Waals surface area contributed by atoms with Crippen molar-refractivity contribution in [1.29, 1.82) is 0 Å². The third-order valence-electron chi connectivity index (χ3n) is 0.591. The van der Waals surface area contributed by atoms with Gasteiger partial charge in [-0.05, 0) is 0 Å². The molecule has 0 aromatic rings. The van der Waals surface area contributed by atoms with E-state index in [0.29, 0.717) is 0 Å². The Hall–Kier alpha value is 1.35. The average molecular weight is 98.1 g/mol. The van der Waals surface area contributed by atoms with Gasteiger partial charge in [0.2, 0.25) is 0 Å². The molecule has 0 aromatic carbocycles. The van der Waals surface area contributed by atoms with E-state index in [0.717, 1.165) is 2.50 Å². The third kappa shape index (κ3) is 5.35. The molecule has 0 aliphatic carbocycles. The SMILES string of the molecule is CC[CH]([Na])S. The molecule has 0 aliphatic heterocycles. The van der Waals surface area contributed by atoms with Gasteiger partial charge in [-0.3, -0.25) is 0 Å². The van der Waals surface area contributed by atoms with Gasteiger partial charge in [0.25, 0.3) is 0 Å². The van der Waals surface area contributed by atoms with Crippen LogP contribution in [0.5, 0.6) is 0 Å². The molecule has 1 atom stereocenters. The topological polar surface area (TPSA) is 0 Å². The van der Waals surface area contributed by atoms with E-state index in [9.17, 15) is 0 Å².